The van der Waals surface area contributed by atoms with Gasteiger partial charge in [-0.15, -0.1) is 0 Å². The topological polar surface area (TPSA) is 15.6 Å². The van der Waals surface area contributed by atoms with E-state index in [1.807, 2.05) is 35.4 Å². The summed E-state index contributed by atoms with van der Waals surface area (Å²) in [6, 6.07) is 10.2. The summed E-state index contributed by atoms with van der Waals surface area (Å²) in [5.74, 6) is 0. The first kappa shape index (κ1) is 9.28. The Morgan fingerprint density at radius 1 is 1.29 bits per heavy atom. The van der Waals surface area contributed by atoms with Crippen LogP contribution >= 0.6 is 11.6 Å². The average molecular weight is 207 g/mol. The highest BCUT2D eigenvalue weighted by Gasteiger charge is 2.11. The van der Waals surface area contributed by atoms with E-state index in [0.29, 0.717) is 0 Å². The Labute approximate surface area is 88.5 Å². The molecule has 0 N–H and O–H groups in total. The zero-order valence-corrected chi connectivity index (χ0v) is 8.43. The summed E-state index contributed by atoms with van der Waals surface area (Å²) in [6.07, 6.45) is 5.57. The molecule has 1 aliphatic heterocycles. The summed E-state index contributed by atoms with van der Waals surface area (Å²) in [5, 5.41) is 0. The maximum Gasteiger partial charge on any atom is 0.197 e. The Morgan fingerprint density at radius 2 is 2.07 bits per heavy atom. The molecule has 0 aliphatic carbocycles. The number of hydrogen-bond donors (Lipinski definition) is 0. The van der Waals surface area contributed by atoms with Crippen LogP contribution in [-0.2, 0) is 6.54 Å². The summed E-state index contributed by atoms with van der Waals surface area (Å²) in [6.45, 7) is 0.794. The van der Waals surface area contributed by atoms with E-state index in [-0.39, 0.29) is 5.62 Å². The Kier molecular flexibility index (Phi) is 2.84. The number of hydrogen-bond acceptors (Lipinski definition) is 2. The van der Waals surface area contributed by atoms with Crippen LogP contribution in [0.4, 0.5) is 0 Å². The normalized spacial score (nSPS) is 20.1. The Hall–Kier alpha value is -1.28. The van der Waals surface area contributed by atoms with Gasteiger partial charge in [-0.2, -0.15) is 0 Å². The van der Waals surface area contributed by atoms with Crippen molar-refractivity contribution in [3.63, 3.8) is 0 Å². The molecule has 0 fully saturated rings. The molecule has 14 heavy (non-hydrogen) atoms. The maximum absolute atomic E-state index is 6.01. The SMILES string of the molecule is ClC1N=CC=CN1Cc1ccccc1. The first-order valence-electron chi connectivity index (χ1n) is 4.50. The van der Waals surface area contributed by atoms with Crippen LogP contribution in [0.2, 0.25) is 0 Å². The molecule has 0 saturated heterocycles. The first-order chi connectivity index (χ1) is 6.86. The van der Waals surface area contributed by atoms with Gasteiger partial charge in [0.1, 0.15) is 0 Å². The quantitative estimate of drug-likeness (QED) is 0.537. The van der Waals surface area contributed by atoms with E-state index in [4.69, 9.17) is 11.6 Å². The number of rotatable bonds is 2. The van der Waals surface area contributed by atoms with Crippen LogP contribution in [0.3, 0.4) is 0 Å². The number of aliphatic imine (C=N–C) groups is 1. The lowest BCUT2D eigenvalue weighted by atomic mass is 10.2. The Bertz CT molecular complexity index is 346. The summed E-state index contributed by atoms with van der Waals surface area (Å²) in [4.78, 5) is 6.07. The van der Waals surface area contributed by atoms with Crippen LogP contribution in [0.5, 0.6) is 0 Å². The predicted octanol–water partition coefficient (Wildman–Crippen LogP) is 2.61. The molecule has 0 bridgehead atoms. The summed E-state index contributed by atoms with van der Waals surface area (Å²) in [5.41, 5.74) is 0.958. The van der Waals surface area contributed by atoms with Crippen LogP contribution in [0, 0.1) is 0 Å². The van der Waals surface area contributed by atoms with Gasteiger partial charge in [0.05, 0.1) is 0 Å². The van der Waals surface area contributed by atoms with E-state index in [0.717, 1.165) is 6.54 Å². The van der Waals surface area contributed by atoms with E-state index >= 15 is 0 Å². The summed E-state index contributed by atoms with van der Waals surface area (Å²) >= 11 is 6.01. The monoisotopic (exact) mass is 206 g/mol. The van der Waals surface area contributed by atoms with Crippen molar-refractivity contribution in [2.75, 3.05) is 0 Å². The van der Waals surface area contributed by atoms with Crippen molar-refractivity contribution in [1.82, 2.24) is 4.90 Å². The second-order valence-electron chi connectivity index (χ2n) is 3.11. The minimum Gasteiger partial charge on any atom is -0.339 e. The molecule has 1 aromatic rings. The third-order valence-corrected chi connectivity index (χ3v) is 2.42. The maximum atomic E-state index is 6.01. The molecular weight excluding hydrogens is 196 g/mol. The van der Waals surface area contributed by atoms with Gasteiger partial charge >= 0.3 is 0 Å². The van der Waals surface area contributed by atoms with Crippen LogP contribution in [0.25, 0.3) is 0 Å². The number of alkyl halides is 1. The van der Waals surface area contributed by atoms with Crippen molar-refractivity contribution < 1.29 is 0 Å². The van der Waals surface area contributed by atoms with E-state index in [1.54, 1.807) is 6.21 Å². The van der Waals surface area contributed by atoms with Crippen LogP contribution in [0.1, 0.15) is 5.56 Å². The molecule has 1 unspecified atom stereocenters. The predicted molar refractivity (Wildman–Crippen MR) is 59.3 cm³/mol. The van der Waals surface area contributed by atoms with E-state index in [2.05, 4.69) is 17.1 Å². The molecule has 3 heteroatoms. The molecule has 0 radical (unpaired) electrons. The van der Waals surface area contributed by atoms with Crippen molar-refractivity contribution in [3.05, 3.63) is 48.2 Å². The second kappa shape index (κ2) is 4.29. The van der Waals surface area contributed by atoms with E-state index < -0.39 is 0 Å². The van der Waals surface area contributed by atoms with Crippen molar-refractivity contribution in [2.24, 2.45) is 4.99 Å². The molecule has 2 rings (SSSR count). The minimum atomic E-state index is -0.278. The van der Waals surface area contributed by atoms with Crippen LogP contribution in [0.15, 0.2) is 47.6 Å². The molecule has 0 spiro atoms. The highest BCUT2D eigenvalue weighted by atomic mass is 35.5. The van der Waals surface area contributed by atoms with Gasteiger partial charge < -0.3 is 4.90 Å². The van der Waals surface area contributed by atoms with Gasteiger partial charge in [-0.1, -0.05) is 41.9 Å². The molecule has 1 aromatic carbocycles. The van der Waals surface area contributed by atoms with Gasteiger partial charge in [0.25, 0.3) is 0 Å². The van der Waals surface area contributed by atoms with E-state index in [1.165, 1.54) is 5.56 Å². The molecule has 2 nitrogen and oxygen atoms in total. The van der Waals surface area contributed by atoms with Gasteiger partial charge in [-0.3, -0.25) is 4.99 Å². The number of nitrogens with zero attached hydrogens (tertiary/aromatic N) is 2. The smallest absolute Gasteiger partial charge is 0.197 e. The largest absolute Gasteiger partial charge is 0.339 e. The standard InChI is InChI=1S/C11H11ClN2/c12-11-13-7-4-8-14(11)9-10-5-2-1-3-6-10/h1-8,11H,9H2. The summed E-state index contributed by atoms with van der Waals surface area (Å²) in [7, 11) is 0. The van der Waals surface area contributed by atoms with Gasteiger partial charge in [0.2, 0.25) is 0 Å². The first-order valence-corrected chi connectivity index (χ1v) is 4.93. The molecule has 72 valence electrons. The zero-order chi connectivity index (χ0) is 9.80. The van der Waals surface area contributed by atoms with Gasteiger partial charge in [0.15, 0.2) is 5.62 Å². The van der Waals surface area contributed by atoms with Gasteiger partial charge in [-0.05, 0) is 11.6 Å². The van der Waals surface area contributed by atoms with Crippen molar-refractivity contribution in [3.8, 4) is 0 Å². The molecule has 0 saturated carbocycles. The van der Waals surface area contributed by atoms with Crippen molar-refractivity contribution in [2.45, 2.75) is 12.2 Å². The number of halogens is 1. The highest BCUT2D eigenvalue weighted by Crippen LogP contribution is 2.14. The molecule has 0 amide bonds. The fraction of sp³-hybridized carbons (Fsp3) is 0.182. The van der Waals surface area contributed by atoms with Crippen LogP contribution < -0.4 is 0 Å². The fourth-order valence-electron chi connectivity index (χ4n) is 1.35. The lowest BCUT2D eigenvalue weighted by Gasteiger charge is -2.24. The lowest BCUT2D eigenvalue weighted by molar-refractivity contribution is 0.345. The molecule has 1 heterocycles. The third-order valence-electron chi connectivity index (χ3n) is 2.05. The zero-order valence-electron chi connectivity index (χ0n) is 7.68. The third kappa shape index (κ3) is 2.15. The molecular formula is C11H11ClN2. The van der Waals surface area contributed by atoms with E-state index in [9.17, 15) is 0 Å². The average Bonchev–Trinajstić information content (AvgIpc) is 2.23. The van der Waals surface area contributed by atoms with Gasteiger partial charge in [0, 0.05) is 19.0 Å². The lowest BCUT2D eigenvalue weighted by Crippen LogP contribution is -2.25. The van der Waals surface area contributed by atoms with Crippen molar-refractivity contribution >= 4 is 17.8 Å². The molecule has 1 aliphatic rings. The molecule has 0 aromatic heterocycles. The Morgan fingerprint density at radius 3 is 2.79 bits per heavy atom. The Balaban J connectivity index is 2.05. The number of benzene rings is 1. The molecule has 1 atom stereocenters. The van der Waals surface area contributed by atoms with Gasteiger partial charge in [-0.25, -0.2) is 0 Å². The minimum absolute atomic E-state index is 0.278. The second-order valence-corrected chi connectivity index (χ2v) is 3.50. The van der Waals surface area contributed by atoms with Crippen LogP contribution in [-0.4, -0.2) is 16.7 Å². The summed E-state index contributed by atoms with van der Waals surface area (Å²) < 4.78 is 0. The van der Waals surface area contributed by atoms with Crippen molar-refractivity contribution in [1.29, 1.82) is 0 Å². The highest BCUT2D eigenvalue weighted by molar-refractivity contribution is 6.20. The fourth-order valence-corrected chi connectivity index (χ4v) is 1.55. The number of allylic oxidation sites excluding steroid dienone is 1.